The van der Waals surface area contributed by atoms with E-state index in [2.05, 4.69) is 19.2 Å². The Hall–Kier alpha value is -3.39. The van der Waals surface area contributed by atoms with Crippen molar-refractivity contribution >= 4 is 18.0 Å². The highest BCUT2D eigenvalue weighted by molar-refractivity contribution is 5.89. The number of nitrogens with zero attached hydrogens (tertiary/aromatic N) is 1. The van der Waals surface area contributed by atoms with E-state index < -0.39 is 30.4 Å². The molecule has 1 heterocycles. The quantitative estimate of drug-likeness (QED) is 0.599. The van der Waals surface area contributed by atoms with Gasteiger partial charge in [-0.1, -0.05) is 62.4 Å². The van der Waals surface area contributed by atoms with Gasteiger partial charge in [0, 0.05) is 18.9 Å². The van der Waals surface area contributed by atoms with E-state index in [0.29, 0.717) is 19.1 Å². The molecule has 186 valence electrons. The number of benzene rings is 2. The molecule has 0 saturated carbocycles. The van der Waals surface area contributed by atoms with E-state index in [1.807, 2.05) is 48.5 Å². The number of nitrogens with one attached hydrogen (secondary N) is 1. The number of aliphatic carboxylic acids is 1. The van der Waals surface area contributed by atoms with Crippen LogP contribution in [0.15, 0.2) is 48.5 Å². The molecule has 8 nitrogen and oxygen atoms in total. The molecule has 0 bridgehead atoms. The van der Waals surface area contributed by atoms with Crippen LogP contribution in [0.5, 0.6) is 0 Å². The maximum atomic E-state index is 13.2. The maximum Gasteiger partial charge on any atom is 0.407 e. The fourth-order valence-electron chi connectivity index (χ4n) is 5.16. The Morgan fingerprint density at radius 3 is 2.23 bits per heavy atom. The van der Waals surface area contributed by atoms with Gasteiger partial charge in [-0.05, 0) is 28.2 Å². The highest BCUT2D eigenvalue weighted by atomic mass is 16.5. The van der Waals surface area contributed by atoms with Crippen molar-refractivity contribution in [2.75, 3.05) is 26.9 Å². The van der Waals surface area contributed by atoms with Crippen LogP contribution in [-0.2, 0) is 19.1 Å². The van der Waals surface area contributed by atoms with Crippen molar-refractivity contribution in [3.05, 3.63) is 59.7 Å². The van der Waals surface area contributed by atoms with Crippen LogP contribution in [0, 0.1) is 11.8 Å². The van der Waals surface area contributed by atoms with Crippen molar-refractivity contribution in [3.8, 4) is 11.1 Å². The van der Waals surface area contributed by atoms with E-state index >= 15 is 0 Å². The molecule has 2 amide bonds. The highest BCUT2D eigenvalue weighted by Crippen LogP contribution is 2.44. The number of alkyl carbamates (subject to hydrolysis) is 1. The number of carboxylic acids is 1. The lowest BCUT2D eigenvalue weighted by atomic mass is 9.90. The first-order chi connectivity index (χ1) is 16.8. The molecule has 35 heavy (non-hydrogen) atoms. The molecule has 3 unspecified atom stereocenters. The summed E-state index contributed by atoms with van der Waals surface area (Å²) in [6.45, 7) is 5.14. The Labute approximate surface area is 205 Å². The zero-order valence-corrected chi connectivity index (χ0v) is 20.3. The van der Waals surface area contributed by atoms with E-state index in [4.69, 9.17) is 9.47 Å². The Balaban J connectivity index is 1.43. The molecule has 0 radical (unpaired) electrons. The monoisotopic (exact) mass is 480 g/mol. The highest BCUT2D eigenvalue weighted by Gasteiger charge is 2.38. The van der Waals surface area contributed by atoms with Gasteiger partial charge in [-0.15, -0.1) is 0 Å². The van der Waals surface area contributed by atoms with E-state index in [0.717, 1.165) is 22.3 Å². The topological polar surface area (TPSA) is 105 Å². The van der Waals surface area contributed by atoms with Gasteiger partial charge in [-0.2, -0.15) is 0 Å². The van der Waals surface area contributed by atoms with Crippen LogP contribution in [0.4, 0.5) is 4.79 Å². The van der Waals surface area contributed by atoms with Crippen molar-refractivity contribution in [1.82, 2.24) is 10.2 Å². The van der Waals surface area contributed by atoms with Crippen LogP contribution >= 0.6 is 0 Å². The number of amides is 2. The standard InChI is InChI=1S/C27H32N2O6/c1-16(2)21-13-34-15-24(21)29(3)26(32)23(12-25(30)31)28-27(33)35-14-22-19-10-6-4-8-17(19)18-9-5-7-11-20(18)22/h4-11,16,21-24H,12-15H2,1-3H3,(H,28,33)(H,30,31). The lowest BCUT2D eigenvalue weighted by Crippen LogP contribution is -2.53. The molecule has 2 aromatic rings. The predicted molar refractivity (Wildman–Crippen MR) is 130 cm³/mol. The van der Waals surface area contributed by atoms with Gasteiger partial charge in [0.05, 0.1) is 25.7 Å². The molecule has 0 aromatic heterocycles. The maximum absolute atomic E-state index is 13.2. The van der Waals surface area contributed by atoms with E-state index in [9.17, 15) is 19.5 Å². The van der Waals surface area contributed by atoms with Crippen LogP contribution in [0.3, 0.4) is 0 Å². The lowest BCUT2D eigenvalue weighted by molar-refractivity contribution is -0.143. The van der Waals surface area contributed by atoms with Crippen molar-refractivity contribution in [2.24, 2.45) is 11.8 Å². The summed E-state index contributed by atoms with van der Waals surface area (Å²) in [5.74, 6) is -1.35. The molecule has 4 rings (SSSR count). The molecular weight excluding hydrogens is 448 g/mol. The smallest absolute Gasteiger partial charge is 0.407 e. The molecule has 8 heteroatoms. The van der Waals surface area contributed by atoms with E-state index in [1.54, 1.807) is 7.05 Å². The number of ether oxygens (including phenoxy) is 2. The van der Waals surface area contributed by atoms with Gasteiger partial charge in [0.25, 0.3) is 0 Å². The fourth-order valence-corrected chi connectivity index (χ4v) is 5.16. The van der Waals surface area contributed by atoms with Gasteiger partial charge in [0.1, 0.15) is 12.6 Å². The Bertz CT molecular complexity index is 1060. The number of likely N-dealkylation sites (N-methyl/N-ethyl adjacent to an activating group) is 1. The predicted octanol–water partition coefficient (Wildman–Crippen LogP) is 3.50. The van der Waals surface area contributed by atoms with Crippen LogP contribution in [-0.4, -0.2) is 66.9 Å². The minimum atomic E-state index is -1.23. The average Bonchev–Trinajstić information content (AvgIpc) is 3.45. The number of rotatable bonds is 8. The Morgan fingerprint density at radius 1 is 1.06 bits per heavy atom. The molecule has 1 saturated heterocycles. The summed E-state index contributed by atoms with van der Waals surface area (Å²) in [5.41, 5.74) is 4.35. The molecular formula is C27H32N2O6. The van der Waals surface area contributed by atoms with Crippen LogP contribution in [0.25, 0.3) is 11.1 Å². The second kappa shape index (κ2) is 10.5. The third kappa shape index (κ3) is 5.17. The largest absolute Gasteiger partial charge is 0.481 e. The second-order valence-electron chi connectivity index (χ2n) is 9.58. The number of carbonyl (C=O) groups is 3. The average molecular weight is 481 g/mol. The summed E-state index contributed by atoms with van der Waals surface area (Å²) in [6.07, 6.45) is -1.35. The third-order valence-electron chi connectivity index (χ3n) is 7.11. The van der Waals surface area contributed by atoms with Gasteiger partial charge in [-0.3, -0.25) is 9.59 Å². The van der Waals surface area contributed by atoms with E-state index in [1.165, 1.54) is 4.90 Å². The van der Waals surface area contributed by atoms with Crippen molar-refractivity contribution in [3.63, 3.8) is 0 Å². The number of hydrogen-bond donors (Lipinski definition) is 2. The van der Waals surface area contributed by atoms with Gasteiger partial charge in [0.2, 0.25) is 5.91 Å². The molecule has 1 aliphatic heterocycles. The van der Waals surface area contributed by atoms with Crippen LogP contribution in [0.1, 0.15) is 37.3 Å². The molecule has 3 atom stereocenters. The molecule has 2 aliphatic rings. The van der Waals surface area contributed by atoms with Crippen LogP contribution in [0.2, 0.25) is 0 Å². The molecule has 2 aromatic carbocycles. The van der Waals surface area contributed by atoms with Crippen molar-refractivity contribution in [1.29, 1.82) is 0 Å². The normalized spacial score (nSPS) is 19.7. The number of fused-ring (bicyclic) bond motifs is 3. The number of carbonyl (C=O) groups excluding carboxylic acids is 2. The van der Waals surface area contributed by atoms with Gasteiger partial charge in [0.15, 0.2) is 0 Å². The fraction of sp³-hybridized carbons (Fsp3) is 0.444. The first-order valence-electron chi connectivity index (χ1n) is 12.0. The molecule has 1 aliphatic carbocycles. The summed E-state index contributed by atoms with van der Waals surface area (Å²) >= 11 is 0. The minimum Gasteiger partial charge on any atom is -0.481 e. The first kappa shape index (κ1) is 24.7. The third-order valence-corrected chi connectivity index (χ3v) is 7.11. The van der Waals surface area contributed by atoms with E-state index in [-0.39, 0.29) is 24.5 Å². The molecule has 0 spiro atoms. The lowest BCUT2D eigenvalue weighted by Gasteiger charge is -2.32. The SMILES string of the molecule is CC(C)C1COCC1N(C)C(=O)C(CC(=O)O)NC(=O)OCC1c2ccccc2-c2ccccc21. The van der Waals surface area contributed by atoms with Gasteiger partial charge >= 0.3 is 12.1 Å². The van der Waals surface area contributed by atoms with Gasteiger partial charge < -0.3 is 24.8 Å². The summed E-state index contributed by atoms with van der Waals surface area (Å²) in [6, 6.07) is 14.6. The summed E-state index contributed by atoms with van der Waals surface area (Å²) in [5, 5.41) is 11.9. The summed E-state index contributed by atoms with van der Waals surface area (Å²) in [7, 11) is 1.63. The second-order valence-corrected chi connectivity index (χ2v) is 9.58. The van der Waals surface area contributed by atoms with Crippen molar-refractivity contribution in [2.45, 2.75) is 38.3 Å². The minimum absolute atomic E-state index is 0.0789. The number of hydrogen-bond acceptors (Lipinski definition) is 5. The summed E-state index contributed by atoms with van der Waals surface area (Å²) in [4.78, 5) is 38.9. The van der Waals surface area contributed by atoms with Crippen molar-refractivity contribution < 1.29 is 29.0 Å². The van der Waals surface area contributed by atoms with Crippen LogP contribution < -0.4 is 5.32 Å². The Morgan fingerprint density at radius 2 is 1.66 bits per heavy atom. The summed E-state index contributed by atoms with van der Waals surface area (Å²) < 4.78 is 11.1. The molecule has 1 fully saturated rings. The zero-order valence-electron chi connectivity index (χ0n) is 20.3. The zero-order chi connectivity index (χ0) is 25.1. The molecule has 2 N–H and O–H groups in total. The number of carboxylic acid groups (broad SMARTS) is 1. The first-order valence-corrected chi connectivity index (χ1v) is 12.0. The Kier molecular flexibility index (Phi) is 7.40. The van der Waals surface area contributed by atoms with Gasteiger partial charge in [-0.25, -0.2) is 4.79 Å².